The lowest BCUT2D eigenvalue weighted by Crippen LogP contribution is -2.34. The van der Waals surface area contributed by atoms with Crippen LogP contribution in [0.1, 0.15) is 46.1 Å². The van der Waals surface area contributed by atoms with Crippen molar-refractivity contribution >= 4 is 10.0 Å². The average molecular weight is 316 g/mol. The van der Waals surface area contributed by atoms with Gasteiger partial charge in [-0.3, -0.25) is 0 Å². The van der Waals surface area contributed by atoms with Gasteiger partial charge in [0.1, 0.15) is 10.7 Å². The molecule has 0 saturated heterocycles. The van der Waals surface area contributed by atoms with Crippen LogP contribution in [0.25, 0.3) is 0 Å². The molecule has 120 valence electrons. The van der Waals surface area contributed by atoms with Gasteiger partial charge in [0.2, 0.25) is 10.0 Å². The van der Waals surface area contributed by atoms with Gasteiger partial charge in [0, 0.05) is 18.6 Å². The van der Waals surface area contributed by atoms with E-state index in [2.05, 4.69) is 10.0 Å². The molecule has 0 radical (unpaired) electrons. The third-order valence-electron chi connectivity index (χ3n) is 3.31. The maximum absolute atomic E-state index is 14.1. The van der Waals surface area contributed by atoms with Crippen molar-refractivity contribution in [2.24, 2.45) is 0 Å². The Hall–Kier alpha value is -0.980. The van der Waals surface area contributed by atoms with Crippen molar-refractivity contribution in [2.75, 3.05) is 0 Å². The molecule has 1 aromatic carbocycles. The molecule has 4 nitrogen and oxygen atoms in total. The zero-order valence-corrected chi connectivity index (χ0v) is 13.9. The molecule has 0 atom stereocenters. The minimum atomic E-state index is -3.81. The quantitative estimate of drug-likeness (QED) is 0.775. The van der Waals surface area contributed by atoms with E-state index in [4.69, 9.17) is 0 Å². The Balaban J connectivity index is 2.93. The highest BCUT2D eigenvalue weighted by atomic mass is 32.2. The molecule has 0 fully saturated rings. The fourth-order valence-corrected chi connectivity index (χ4v) is 3.39. The standard InChI is InChI=1S/C15H25FN2O2S/c1-5-13(6-2)18-21(19,20)15-8-7-12(9-14(15)16)10-17-11(3)4/h7-9,11,13,17-18H,5-6,10H2,1-4H3. The molecule has 1 aromatic rings. The van der Waals surface area contributed by atoms with Crippen LogP contribution in [0, 0.1) is 5.82 Å². The maximum atomic E-state index is 14.1. The van der Waals surface area contributed by atoms with Crippen LogP contribution < -0.4 is 10.0 Å². The smallest absolute Gasteiger partial charge is 0.243 e. The van der Waals surface area contributed by atoms with Crippen LogP contribution in [0.4, 0.5) is 4.39 Å². The molecule has 0 bridgehead atoms. The second kappa shape index (κ2) is 7.87. The molecule has 1 rings (SSSR count). The van der Waals surface area contributed by atoms with Crippen molar-refractivity contribution in [1.29, 1.82) is 0 Å². The first-order chi connectivity index (χ1) is 9.80. The number of hydrogen-bond donors (Lipinski definition) is 2. The van der Waals surface area contributed by atoms with Gasteiger partial charge in [-0.05, 0) is 30.5 Å². The normalized spacial score (nSPS) is 12.3. The summed E-state index contributed by atoms with van der Waals surface area (Å²) in [7, 11) is -3.81. The number of hydrogen-bond acceptors (Lipinski definition) is 3. The molecule has 0 aliphatic rings. The molecule has 0 aliphatic carbocycles. The van der Waals surface area contributed by atoms with Crippen LogP contribution in [0.5, 0.6) is 0 Å². The fourth-order valence-electron chi connectivity index (χ4n) is 1.93. The fraction of sp³-hybridized carbons (Fsp3) is 0.600. The van der Waals surface area contributed by atoms with E-state index in [0.29, 0.717) is 19.4 Å². The zero-order valence-electron chi connectivity index (χ0n) is 13.1. The molecular weight excluding hydrogens is 291 g/mol. The Bertz CT molecular complexity index is 555. The van der Waals surface area contributed by atoms with E-state index in [-0.39, 0.29) is 17.0 Å². The summed E-state index contributed by atoms with van der Waals surface area (Å²) in [6.45, 7) is 8.29. The molecule has 0 amide bonds. The summed E-state index contributed by atoms with van der Waals surface area (Å²) < 4.78 is 41.0. The Morgan fingerprint density at radius 3 is 2.29 bits per heavy atom. The monoisotopic (exact) mass is 316 g/mol. The highest BCUT2D eigenvalue weighted by molar-refractivity contribution is 7.89. The minimum absolute atomic E-state index is 0.170. The molecule has 2 N–H and O–H groups in total. The topological polar surface area (TPSA) is 58.2 Å². The summed E-state index contributed by atoms with van der Waals surface area (Å²) in [6, 6.07) is 4.36. The van der Waals surface area contributed by atoms with Crippen molar-refractivity contribution in [3.05, 3.63) is 29.6 Å². The lowest BCUT2D eigenvalue weighted by molar-refractivity contribution is 0.519. The summed E-state index contributed by atoms with van der Waals surface area (Å²) in [6.07, 6.45) is 1.35. The van der Waals surface area contributed by atoms with Gasteiger partial charge in [0.05, 0.1) is 0 Å². The Labute approximate surface area is 127 Å². The molecule has 6 heteroatoms. The van der Waals surface area contributed by atoms with Crippen LogP contribution in [-0.4, -0.2) is 20.5 Å². The van der Waals surface area contributed by atoms with Gasteiger partial charge in [0.25, 0.3) is 0 Å². The summed E-state index contributed by atoms with van der Waals surface area (Å²) in [5.41, 5.74) is 0.725. The Morgan fingerprint density at radius 2 is 1.81 bits per heavy atom. The Kier molecular flexibility index (Phi) is 6.77. The van der Waals surface area contributed by atoms with E-state index in [1.165, 1.54) is 12.1 Å². The third kappa shape index (κ3) is 5.37. The summed E-state index contributed by atoms with van der Waals surface area (Å²) in [5.74, 6) is -0.712. The van der Waals surface area contributed by atoms with E-state index in [9.17, 15) is 12.8 Å². The van der Waals surface area contributed by atoms with Gasteiger partial charge in [0.15, 0.2) is 0 Å². The van der Waals surface area contributed by atoms with E-state index in [0.717, 1.165) is 5.56 Å². The van der Waals surface area contributed by atoms with Crippen LogP contribution in [-0.2, 0) is 16.6 Å². The lowest BCUT2D eigenvalue weighted by atomic mass is 10.2. The number of sulfonamides is 1. The van der Waals surface area contributed by atoms with Gasteiger partial charge in [-0.2, -0.15) is 0 Å². The first kappa shape index (κ1) is 18.1. The molecular formula is C15H25FN2O2S. The predicted octanol–water partition coefficient (Wildman–Crippen LogP) is 2.79. The predicted molar refractivity (Wildman–Crippen MR) is 83.1 cm³/mol. The van der Waals surface area contributed by atoms with Crippen molar-refractivity contribution < 1.29 is 12.8 Å². The molecule has 21 heavy (non-hydrogen) atoms. The van der Waals surface area contributed by atoms with Crippen molar-refractivity contribution in [3.63, 3.8) is 0 Å². The van der Waals surface area contributed by atoms with E-state index in [1.54, 1.807) is 6.07 Å². The van der Waals surface area contributed by atoms with Crippen LogP contribution in [0.3, 0.4) is 0 Å². The van der Waals surface area contributed by atoms with E-state index >= 15 is 0 Å². The van der Waals surface area contributed by atoms with Crippen molar-refractivity contribution in [2.45, 2.75) is 64.1 Å². The maximum Gasteiger partial charge on any atom is 0.243 e. The molecule has 0 saturated carbocycles. The number of nitrogens with one attached hydrogen (secondary N) is 2. The van der Waals surface area contributed by atoms with Crippen LogP contribution in [0.15, 0.2) is 23.1 Å². The molecule has 0 aliphatic heterocycles. The Morgan fingerprint density at radius 1 is 1.19 bits per heavy atom. The van der Waals surface area contributed by atoms with Crippen LogP contribution >= 0.6 is 0 Å². The zero-order chi connectivity index (χ0) is 16.0. The summed E-state index contributed by atoms with van der Waals surface area (Å²) >= 11 is 0. The highest BCUT2D eigenvalue weighted by Gasteiger charge is 2.21. The van der Waals surface area contributed by atoms with E-state index < -0.39 is 15.8 Å². The number of benzene rings is 1. The van der Waals surface area contributed by atoms with Gasteiger partial charge in [-0.1, -0.05) is 33.8 Å². The van der Waals surface area contributed by atoms with Gasteiger partial charge in [-0.15, -0.1) is 0 Å². The van der Waals surface area contributed by atoms with Gasteiger partial charge in [-0.25, -0.2) is 17.5 Å². The average Bonchev–Trinajstić information content (AvgIpc) is 2.42. The molecule has 0 heterocycles. The summed E-state index contributed by atoms with van der Waals surface area (Å²) in [4.78, 5) is -0.289. The largest absolute Gasteiger partial charge is 0.310 e. The second-order valence-corrected chi connectivity index (χ2v) is 7.12. The van der Waals surface area contributed by atoms with Gasteiger partial charge < -0.3 is 5.32 Å². The van der Waals surface area contributed by atoms with Crippen LogP contribution in [0.2, 0.25) is 0 Å². The SMILES string of the molecule is CCC(CC)NS(=O)(=O)c1ccc(CNC(C)C)cc1F. The summed E-state index contributed by atoms with van der Waals surface area (Å²) in [5, 5.41) is 3.17. The van der Waals surface area contributed by atoms with Crippen molar-refractivity contribution in [3.8, 4) is 0 Å². The second-order valence-electron chi connectivity index (χ2n) is 5.44. The highest BCUT2D eigenvalue weighted by Crippen LogP contribution is 2.17. The van der Waals surface area contributed by atoms with Gasteiger partial charge >= 0.3 is 0 Å². The van der Waals surface area contributed by atoms with Crippen molar-refractivity contribution in [1.82, 2.24) is 10.0 Å². The van der Waals surface area contributed by atoms with E-state index in [1.807, 2.05) is 27.7 Å². The molecule has 0 aromatic heterocycles. The third-order valence-corrected chi connectivity index (χ3v) is 4.86. The minimum Gasteiger partial charge on any atom is -0.310 e. The lowest BCUT2D eigenvalue weighted by Gasteiger charge is -2.16. The first-order valence-corrected chi connectivity index (χ1v) is 8.82. The molecule has 0 spiro atoms. The number of halogens is 1. The molecule has 0 unspecified atom stereocenters. The first-order valence-electron chi connectivity index (χ1n) is 7.34. The number of rotatable bonds is 8.